The van der Waals surface area contributed by atoms with Crippen molar-refractivity contribution >= 4 is 5.91 Å². The molecule has 1 amide bonds. The van der Waals surface area contributed by atoms with Crippen LogP contribution in [-0.2, 0) is 19.4 Å². The van der Waals surface area contributed by atoms with Crippen LogP contribution in [0.25, 0.3) is 0 Å². The standard InChI is InChI=1S/C24H25N3O2/c1-16-6-2-4-8-21(16)17-10-11-27-20(13-17)14-22(26-27)24(28)25-19-12-18-7-3-5-9-23(18)29-15-19/h2-9,14,17,19H,10-13,15H2,1H3,(H,25,28)/t17?,19-/m1/s1. The minimum Gasteiger partial charge on any atom is -0.491 e. The van der Waals surface area contributed by atoms with Crippen molar-refractivity contribution < 1.29 is 9.53 Å². The highest BCUT2D eigenvalue weighted by molar-refractivity contribution is 5.92. The molecule has 0 fully saturated rings. The zero-order valence-corrected chi connectivity index (χ0v) is 16.6. The van der Waals surface area contributed by atoms with Gasteiger partial charge < -0.3 is 10.1 Å². The van der Waals surface area contributed by atoms with E-state index in [0.717, 1.165) is 42.8 Å². The van der Waals surface area contributed by atoms with Crippen LogP contribution in [0.2, 0.25) is 0 Å². The van der Waals surface area contributed by atoms with Crippen LogP contribution in [0.15, 0.2) is 54.6 Å². The van der Waals surface area contributed by atoms with Crippen molar-refractivity contribution in [3.8, 4) is 5.75 Å². The van der Waals surface area contributed by atoms with Crippen LogP contribution < -0.4 is 10.1 Å². The summed E-state index contributed by atoms with van der Waals surface area (Å²) in [6.07, 6.45) is 2.75. The van der Waals surface area contributed by atoms with Gasteiger partial charge >= 0.3 is 0 Å². The van der Waals surface area contributed by atoms with E-state index < -0.39 is 0 Å². The summed E-state index contributed by atoms with van der Waals surface area (Å²) in [6, 6.07) is 18.5. The molecule has 2 aromatic carbocycles. The Morgan fingerprint density at radius 2 is 1.97 bits per heavy atom. The molecule has 2 aliphatic rings. The summed E-state index contributed by atoms with van der Waals surface area (Å²) in [6.45, 7) is 3.51. The molecule has 1 aromatic heterocycles. The summed E-state index contributed by atoms with van der Waals surface area (Å²) in [7, 11) is 0. The van der Waals surface area contributed by atoms with Crippen molar-refractivity contribution in [2.75, 3.05) is 6.61 Å². The number of hydrogen-bond acceptors (Lipinski definition) is 3. The van der Waals surface area contributed by atoms with Gasteiger partial charge in [-0.3, -0.25) is 9.48 Å². The smallest absolute Gasteiger partial charge is 0.272 e. The Kier molecular flexibility index (Phi) is 4.58. The Morgan fingerprint density at radius 3 is 2.86 bits per heavy atom. The number of hydrogen-bond donors (Lipinski definition) is 1. The van der Waals surface area contributed by atoms with Crippen molar-refractivity contribution in [1.82, 2.24) is 15.1 Å². The van der Waals surface area contributed by atoms with Gasteiger partial charge in [0, 0.05) is 12.2 Å². The Bertz CT molecular complexity index is 1060. The highest BCUT2D eigenvalue weighted by Crippen LogP contribution is 2.31. The van der Waals surface area contributed by atoms with Gasteiger partial charge in [0.05, 0.1) is 6.04 Å². The predicted octanol–water partition coefficient (Wildman–Crippen LogP) is 3.66. The lowest BCUT2D eigenvalue weighted by Crippen LogP contribution is -2.42. The summed E-state index contributed by atoms with van der Waals surface area (Å²) < 4.78 is 7.78. The number of fused-ring (bicyclic) bond motifs is 2. The van der Waals surface area contributed by atoms with Gasteiger partial charge in [-0.2, -0.15) is 5.10 Å². The number of para-hydroxylation sites is 1. The Hall–Kier alpha value is -3.08. The van der Waals surface area contributed by atoms with Gasteiger partial charge in [0.1, 0.15) is 18.1 Å². The zero-order chi connectivity index (χ0) is 19.8. The van der Waals surface area contributed by atoms with Crippen molar-refractivity contribution in [1.29, 1.82) is 0 Å². The van der Waals surface area contributed by atoms with E-state index in [0.29, 0.717) is 18.2 Å². The molecule has 5 heteroatoms. The number of aryl methyl sites for hydroxylation is 2. The van der Waals surface area contributed by atoms with E-state index in [2.05, 4.69) is 47.7 Å². The van der Waals surface area contributed by atoms with E-state index in [9.17, 15) is 4.79 Å². The van der Waals surface area contributed by atoms with Gasteiger partial charge in [0.15, 0.2) is 0 Å². The molecule has 3 aromatic rings. The largest absolute Gasteiger partial charge is 0.491 e. The maximum Gasteiger partial charge on any atom is 0.272 e. The number of carbonyl (C=O) groups is 1. The van der Waals surface area contributed by atoms with Crippen LogP contribution in [0.3, 0.4) is 0 Å². The number of benzene rings is 2. The van der Waals surface area contributed by atoms with Crippen molar-refractivity contribution in [2.24, 2.45) is 0 Å². The molecule has 2 aliphatic heterocycles. The van der Waals surface area contributed by atoms with Gasteiger partial charge in [-0.1, -0.05) is 42.5 Å². The fourth-order valence-corrected chi connectivity index (χ4v) is 4.55. The van der Waals surface area contributed by atoms with E-state index in [-0.39, 0.29) is 11.9 Å². The van der Waals surface area contributed by atoms with E-state index in [4.69, 9.17) is 4.74 Å². The highest BCUT2D eigenvalue weighted by Gasteiger charge is 2.26. The fourth-order valence-electron chi connectivity index (χ4n) is 4.55. The fraction of sp³-hybridized carbons (Fsp3) is 0.333. The van der Waals surface area contributed by atoms with Gasteiger partial charge in [-0.15, -0.1) is 0 Å². The number of amides is 1. The average molecular weight is 387 g/mol. The maximum absolute atomic E-state index is 12.8. The quantitative estimate of drug-likeness (QED) is 0.746. The Labute approximate surface area is 170 Å². The molecule has 0 spiro atoms. The molecule has 0 radical (unpaired) electrons. The van der Waals surface area contributed by atoms with Crippen LogP contribution >= 0.6 is 0 Å². The summed E-state index contributed by atoms with van der Waals surface area (Å²) in [5, 5.41) is 7.67. The molecule has 5 nitrogen and oxygen atoms in total. The van der Waals surface area contributed by atoms with Crippen LogP contribution in [0.5, 0.6) is 5.75 Å². The lowest BCUT2D eigenvalue weighted by molar-refractivity contribution is 0.0909. The molecule has 0 bridgehead atoms. The number of ether oxygens (including phenoxy) is 1. The first-order valence-electron chi connectivity index (χ1n) is 10.3. The molecule has 1 unspecified atom stereocenters. The lowest BCUT2D eigenvalue weighted by Gasteiger charge is -2.25. The van der Waals surface area contributed by atoms with Crippen LogP contribution in [0, 0.1) is 6.92 Å². The first-order valence-corrected chi connectivity index (χ1v) is 10.3. The second-order valence-corrected chi connectivity index (χ2v) is 8.08. The molecule has 0 aliphatic carbocycles. The third-order valence-electron chi connectivity index (χ3n) is 6.08. The molecule has 1 N–H and O–H groups in total. The van der Waals surface area contributed by atoms with E-state index in [1.807, 2.05) is 28.9 Å². The van der Waals surface area contributed by atoms with Crippen molar-refractivity contribution in [3.05, 3.63) is 82.7 Å². The molecule has 3 heterocycles. The predicted molar refractivity (Wildman–Crippen MR) is 111 cm³/mol. The molecule has 5 rings (SSSR count). The summed E-state index contributed by atoms with van der Waals surface area (Å²) >= 11 is 0. The monoisotopic (exact) mass is 387 g/mol. The number of rotatable bonds is 3. The van der Waals surface area contributed by atoms with E-state index >= 15 is 0 Å². The molecule has 29 heavy (non-hydrogen) atoms. The molecule has 0 saturated heterocycles. The zero-order valence-electron chi connectivity index (χ0n) is 16.6. The third-order valence-corrected chi connectivity index (χ3v) is 6.08. The van der Waals surface area contributed by atoms with Crippen LogP contribution in [0.4, 0.5) is 0 Å². The number of aromatic nitrogens is 2. The number of nitrogens with zero attached hydrogens (tertiary/aromatic N) is 2. The molecular formula is C24H25N3O2. The molecular weight excluding hydrogens is 362 g/mol. The van der Waals surface area contributed by atoms with Gasteiger partial charge in [0.2, 0.25) is 0 Å². The lowest BCUT2D eigenvalue weighted by atomic mass is 9.86. The van der Waals surface area contributed by atoms with Crippen LogP contribution in [-0.4, -0.2) is 28.3 Å². The highest BCUT2D eigenvalue weighted by atomic mass is 16.5. The second kappa shape index (κ2) is 7.39. The normalized spacial score (nSPS) is 20.3. The van der Waals surface area contributed by atoms with Gasteiger partial charge in [0.25, 0.3) is 5.91 Å². The first-order chi connectivity index (χ1) is 14.2. The second-order valence-electron chi connectivity index (χ2n) is 8.08. The molecule has 0 saturated carbocycles. The van der Waals surface area contributed by atoms with E-state index in [1.165, 1.54) is 11.1 Å². The minimum atomic E-state index is -0.118. The number of carbonyl (C=O) groups excluding carboxylic acids is 1. The molecule has 148 valence electrons. The topological polar surface area (TPSA) is 56.2 Å². The van der Waals surface area contributed by atoms with E-state index in [1.54, 1.807) is 0 Å². The van der Waals surface area contributed by atoms with Gasteiger partial charge in [-0.25, -0.2) is 0 Å². The van der Waals surface area contributed by atoms with Crippen molar-refractivity contribution in [2.45, 2.75) is 44.7 Å². The molecule has 2 atom stereocenters. The maximum atomic E-state index is 12.8. The van der Waals surface area contributed by atoms with Gasteiger partial charge in [-0.05, 0) is 60.9 Å². The minimum absolute atomic E-state index is 0.0316. The average Bonchev–Trinajstić information content (AvgIpc) is 3.17. The van der Waals surface area contributed by atoms with Crippen LogP contribution in [0.1, 0.15) is 45.2 Å². The summed E-state index contributed by atoms with van der Waals surface area (Å²) in [5.74, 6) is 1.28. The summed E-state index contributed by atoms with van der Waals surface area (Å²) in [5.41, 5.74) is 5.52. The van der Waals surface area contributed by atoms with Crippen molar-refractivity contribution in [3.63, 3.8) is 0 Å². The number of nitrogens with one attached hydrogen (secondary N) is 1. The first kappa shape index (κ1) is 18.0. The summed E-state index contributed by atoms with van der Waals surface area (Å²) in [4.78, 5) is 12.8. The Balaban J connectivity index is 1.28. The third kappa shape index (κ3) is 3.53. The Morgan fingerprint density at radius 1 is 1.14 bits per heavy atom. The SMILES string of the molecule is Cc1ccccc1C1CCn2nc(C(=O)N[C@H]3COc4ccccc4C3)cc2C1.